The number of nitrogens with zero attached hydrogens (tertiary/aromatic N) is 1. The van der Waals surface area contributed by atoms with E-state index in [1.807, 2.05) is 12.1 Å². The molecular weight excluding hydrogens is 265 g/mol. The molecule has 0 aromatic heterocycles. The fourth-order valence-corrected chi connectivity index (χ4v) is 3.05. The second-order valence-electron chi connectivity index (χ2n) is 5.71. The molecule has 1 heterocycles. The molecule has 1 N–H and O–H groups in total. The van der Waals surface area contributed by atoms with Gasteiger partial charge in [-0.3, -0.25) is 4.90 Å². The zero-order valence-electron chi connectivity index (χ0n) is 12.2. The maximum Gasteiger partial charge on any atom is 0.126 e. The topological polar surface area (TPSA) is 23.5 Å². The Labute approximate surface area is 124 Å². The molecule has 0 unspecified atom stereocenters. The van der Waals surface area contributed by atoms with Crippen LogP contribution >= 0.6 is 0 Å². The van der Waals surface area contributed by atoms with E-state index < -0.39 is 5.82 Å². The van der Waals surface area contributed by atoms with Gasteiger partial charge in [-0.1, -0.05) is 18.2 Å². The first-order chi connectivity index (χ1) is 10.1. The van der Waals surface area contributed by atoms with Gasteiger partial charge in [-0.05, 0) is 62.2 Å². The predicted molar refractivity (Wildman–Crippen MR) is 82.7 cm³/mol. The number of hydrogen-bond acceptors (Lipinski definition) is 2. The van der Waals surface area contributed by atoms with Gasteiger partial charge >= 0.3 is 0 Å². The number of halogens is 1. The maximum absolute atomic E-state index is 13.1. The van der Waals surface area contributed by atoms with Gasteiger partial charge in [0.25, 0.3) is 0 Å². The molecule has 110 valence electrons. The predicted octanol–water partition coefficient (Wildman–Crippen LogP) is 4.36. The molecule has 2 aromatic carbocycles. The Hall–Kier alpha value is -1.87. The number of benzene rings is 2. The van der Waals surface area contributed by atoms with Gasteiger partial charge in [-0.2, -0.15) is 0 Å². The van der Waals surface area contributed by atoms with Crippen molar-refractivity contribution in [2.24, 2.45) is 0 Å². The molecule has 3 rings (SSSR count). The van der Waals surface area contributed by atoms with E-state index in [2.05, 4.69) is 24.0 Å². The van der Waals surface area contributed by atoms with Gasteiger partial charge in [0, 0.05) is 17.7 Å². The second-order valence-corrected chi connectivity index (χ2v) is 5.71. The van der Waals surface area contributed by atoms with Crippen molar-refractivity contribution in [2.75, 3.05) is 13.1 Å². The van der Waals surface area contributed by atoms with Gasteiger partial charge in [0.1, 0.15) is 11.6 Å². The number of hydrogen-bond donors (Lipinski definition) is 1. The first-order valence-corrected chi connectivity index (χ1v) is 7.48. The van der Waals surface area contributed by atoms with Crippen molar-refractivity contribution >= 4 is 0 Å². The number of phenolic OH excluding ortho intramolecular Hbond substituents is 1. The van der Waals surface area contributed by atoms with Gasteiger partial charge < -0.3 is 5.11 Å². The van der Waals surface area contributed by atoms with Crippen LogP contribution in [-0.2, 0) is 0 Å². The standard InChI is InChI=1S/C18H20FNO/c1-13(20-9-2-3-10-20)14-5-4-6-15(11-14)17-8-7-16(19)12-18(17)21/h4-8,11-13,21H,2-3,9-10H2,1H3/t13-/m0/s1. The fourth-order valence-electron chi connectivity index (χ4n) is 3.05. The van der Waals surface area contributed by atoms with Gasteiger partial charge in [0.15, 0.2) is 0 Å². The minimum atomic E-state index is -0.419. The maximum atomic E-state index is 13.1. The largest absolute Gasteiger partial charge is 0.507 e. The summed E-state index contributed by atoms with van der Waals surface area (Å²) >= 11 is 0. The quantitative estimate of drug-likeness (QED) is 0.906. The highest BCUT2D eigenvalue weighted by Gasteiger charge is 2.19. The Morgan fingerprint density at radius 2 is 1.86 bits per heavy atom. The van der Waals surface area contributed by atoms with Crippen LogP contribution in [0.3, 0.4) is 0 Å². The lowest BCUT2D eigenvalue weighted by atomic mass is 9.99. The lowest BCUT2D eigenvalue weighted by Crippen LogP contribution is -2.23. The molecule has 1 saturated heterocycles. The summed E-state index contributed by atoms with van der Waals surface area (Å²) in [4.78, 5) is 2.48. The monoisotopic (exact) mass is 285 g/mol. The van der Waals surface area contributed by atoms with Crippen LogP contribution in [-0.4, -0.2) is 23.1 Å². The fraction of sp³-hybridized carbons (Fsp3) is 0.333. The highest BCUT2D eigenvalue weighted by molar-refractivity contribution is 5.70. The summed E-state index contributed by atoms with van der Waals surface area (Å²) in [6.07, 6.45) is 2.53. The van der Waals surface area contributed by atoms with E-state index in [1.54, 1.807) is 6.07 Å². The summed E-state index contributed by atoms with van der Waals surface area (Å²) in [5.74, 6) is -0.432. The molecule has 0 radical (unpaired) electrons. The van der Waals surface area contributed by atoms with E-state index in [1.165, 1.54) is 24.5 Å². The minimum absolute atomic E-state index is 0.0130. The summed E-state index contributed by atoms with van der Waals surface area (Å²) in [6.45, 7) is 4.51. The number of aromatic hydroxyl groups is 1. The number of likely N-dealkylation sites (tertiary alicyclic amines) is 1. The van der Waals surface area contributed by atoms with Gasteiger partial charge in [0.05, 0.1) is 0 Å². The van der Waals surface area contributed by atoms with E-state index in [0.717, 1.165) is 24.7 Å². The summed E-state index contributed by atoms with van der Waals surface area (Å²) < 4.78 is 13.1. The molecular formula is C18H20FNO. The molecule has 0 aliphatic carbocycles. The van der Waals surface area contributed by atoms with Crippen molar-refractivity contribution in [3.63, 3.8) is 0 Å². The van der Waals surface area contributed by atoms with E-state index in [4.69, 9.17) is 0 Å². The van der Waals surface area contributed by atoms with Crippen molar-refractivity contribution in [1.82, 2.24) is 4.90 Å². The number of phenols is 1. The molecule has 1 aliphatic heterocycles. The van der Waals surface area contributed by atoms with Gasteiger partial charge in [-0.15, -0.1) is 0 Å². The Balaban J connectivity index is 1.92. The summed E-state index contributed by atoms with van der Waals surface area (Å²) in [6, 6.07) is 12.7. The van der Waals surface area contributed by atoms with Gasteiger partial charge in [-0.25, -0.2) is 4.39 Å². The summed E-state index contributed by atoms with van der Waals surface area (Å²) in [5.41, 5.74) is 2.83. The molecule has 3 heteroatoms. The van der Waals surface area contributed by atoms with Crippen molar-refractivity contribution in [2.45, 2.75) is 25.8 Å². The van der Waals surface area contributed by atoms with Crippen LogP contribution in [0.5, 0.6) is 5.75 Å². The smallest absolute Gasteiger partial charge is 0.126 e. The molecule has 1 aliphatic rings. The molecule has 1 fully saturated rings. The van der Waals surface area contributed by atoms with E-state index in [9.17, 15) is 9.50 Å². The van der Waals surface area contributed by atoms with Crippen LogP contribution in [0.25, 0.3) is 11.1 Å². The highest BCUT2D eigenvalue weighted by atomic mass is 19.1. The van der Waals surface area contributed by atoms with Crippen molar-refractivity contribution < 1.29 is 9.50 Å². The van der Waals surface area contributed by atoms with E-state index >= 15 is 0 Å². The van der Waals surface area contributed by atoms with Crippen LogP contribution in [0.4, 0.5) is 4.39 Å². The second kappa shape index (κ2) is 5.86. The average molecular weight is 285 g/mol. The lowest BCUT2D eigenvalue weighted by Gasteiger charge is -2.24. The molecule has 0 bridgehead atoms. The van der Waals surface area contributed by atoms with Crippen molar-refractivity contribution in [3.05, 3.63) is 53.8 Å². The Morgan fingerprint density at radius 1 is 1.10 bits per heavy atom. The minimum Gasteiger partial charge on any atom is -0.507 e. The molecule has 0 amide bonds. The Bertz CT molecular complexity index is 635. The van der Waals surface area contributed by atoms with Crippen molar-refractivity contribution in [3.8, 4) is 16.9 Å². The third kappa shape index (κ3) is 2.93. The average Bonchev–Trinajstić information content (AvgIpc) is 3.01. The van der Waals surface area contributed by atoms with Crippen LogP contribution in [0.15, 0.2) is 42.5 Å². The highest BCUT2D eigenvalue weighted by Crippen LogP contribution is 2.32. The molecule has 1 atom stereocenters. The first-order valence-electron chi connectivity index (χ1n) is 7.48. The normalized spacial score (nSPS) is 17.0. The van der Waals surface area contributed by atoms with E-state index in [0.29, 0.717) is 11.6 Å². The van der Waals surface area contributed by atoms with E-state index in [-0.39, 0.29) is 5.75 Å². The molecule has 0 spiro atoms. The molecule has 2 aromatic rings. The van der Waals surface area contributed by atoms with Crippen LogP contribution in [0.1, 0.15) is 31.4 Å². The van der Waals surface area contributed by atoms with Crippen LogP contribution in [0, 0.1) is 5.82 Å². The lowest BCUT2D eigenvalue weighted by molar-refractivity contribution is 0.263. The van der Waals surface area contributed by atoms with Crippen LogP contribution < -0.4 is 0 Å². The molecule has 0 saturated carbocycles. The SMILES string of the molecule is C[C@@H](c1cccc(-c2ccc(F)cc2O)c1)N1CCCC1. The van der Waals surface area contributed by atoms with Crippen molar-refractivity contribution in [1.29, 1.82) is 0 Å². The summed E-state index contributed by atoms with van der Waals surface area (Å²) in [7, 11) is 0. The number of rotatable bonds is 3. The first kappa shape index (κ1) is 14.1. The van der Waals surface area contributed by atoms with Crippen LogP contribution in [0.2, 0.25) is 0 Å². The Kier molecular flexibility index (Phi) is 3.93. The molecule has 21 heavy (non-hydrogen) atoms. The summed E-state index contributed by atoms with van der Waals surface area (Å²) in [5, 5.41) is 9.94. The Morgan fingerprint density at radius 3 is 2.57 bits per heavy atom. The molecule has 2 nitrogen and oxygen atoms in total. The van der Waals surface area contributed by atoms with Gasteiger partial charge in [0.2, 0.25) is 0 Å². The third-order valence-electron chi connectivity index (χ3n) is 4.33. The third-order valence-corrected chi connectivity index (χ3v) is 4.33. The zero-order valence-corrected chi connectivity index (χ0v) is 12.2. The zero-order chi connectivity index (χ0) is 14.8.